The topological polar surface area (TPSA) is 83.6 Å². The average Bonchev–Trinajstić information content (AvgIpc) is 2.07. The minimum absolute atomic E-state index is 0.0856. The number of carboxylic acid groups (broad SMARTS) is 1. The van der Waals surface area contributed by atoms with E-state index in [1.807, 2.05) is 0 Å². The summed E-state index contributed by atoms with van der Waals surface area (Å²) in [4.78, 5) is 10.6. The molecule has 0 aliphatic carbocycles. The lowest BCUT2D eigenvalue weighted by molar-refractivity contribution is 0.0693. The van der Waals surface area contributed by atoms with Crippen LogP contribution in [-0.2, 0) is 0 Å². The van der Waals surface area contributed by atoms with Gasteiger partial charge in [-0.2, -0.15) is 0 Å². The van der Waals surface area contributed by atoms with E-state index >= 15 is 0 Å². The Bertz CT molecular complexity index is 377. The molecule has 14 heavy (non-hydrogen) atoms. The molecule has 0 heterocycles. The summed E-state index contributed by atoms with van der Waals surface area (Å²) in [5.74, 6) is -2.59. The lowest BCUT2D eigenvalue weighted by Crippen LogP contribution is -2.08. The van der Waals surface area contributed by atoms with Gasteiger partial charge < -0.3 is 15.9 Å². The minimum atomic E-state index is -1.39. The molecule has 0 fully saturated rings. The molecule has 1 rings (SSSR count). The van der Waals surface area contributed by atoms with Crippen molar-refractivity contribution >= 4 is 5.97 Å². The smallest absolute Gasteiger partial charge is 0.339 e. The maximum atomic E-state index is 12.9. The summed E-state index contributed by atoms with van der Waals surface area (Å²) in [6.07, 6.45) is 0. The van der Waals surface area contributed by atoms with Crippen molar-refractivity contribution in [3.63, 3.8) is 0 Å². The van der Waals surface area contributed by atoms with Crippen LogP contribution in [0.1, 0.15) is 28.9 Å². The monoisotopic (exact) mass is 199 g/mol. The minimum Gasteiger partial charge on any atom is -0.507 e. The summed E-state index contributed by atoms with van der Waals surface area (Å²) in [6.45, 7) is 1.53. The Kier molecular flexibility index (Phi) is 2.71. The van der Waals surface area contributed by atoms with Crippen molar-refractivity contribution in [1.29, 1.82) is 0 Å². The number of aromatic carboxylic acids is 1. The fourth-order valence-corrected chi connectivity index (χ4v) is 1.13. The molecule has 0 aliphatic rings. The van der Waals surface area contributed by atoms with Crippen LogP contribution in [0.25, 0.3) is 0 Å². The Morgan fingerprint density at radius 2 is 2.14 bits per heavy atom. The van der Waals surface area contributed by atoms with E-state index in [1.54, 1.807) is 0 Å². The maximum Gasteiger partial charge on any atom is 0.339 e. The molecule has 0 radical (unpaired) electrons. The Balaban J connectivity index is 3.40. The van der Waals surface area contributed by atoms with Crippen LogP contribution in [0.15, 0.2) is 12.1 Å². The SMILES string of the molecule is C[C@H](N)c1cc(F)cc(C(=O)O)c1O. The van der Waals surface area contributed by atoms with E-state index in [0.29, 0.717) is 0 Å². The molecule has 1 atom stereocenters. The second kappa shape index (κ2) is 3.63. The van der Waals surface area contributed by atoms with Crippen molar-refractivity contribution in [3.05, 3.63) is 29.1 Å². The molecule has 0 aliphatic heterocycles. The van der Waals surface area contributed by atoms with Gasteiger partial charge in [-0.05, 0) is 19.1 Å². The van der Waals surface area contributed by atoms with Crippen molar-refractivity contribution in [1.82, 2.24) is 0 Å². The Hall–Kier alpha value is -1.62. The fourth-order valence-electron chi connectivity index (χ4n) is 1.13. The van der Waals surface area contributed by atoms with Gasteiger partial charge in [0.25, 0.3) is 0 Å². The number of benzene rings is 1. The van der Waals surface area contributed by atoms with Gasteiger partial charge in [-0.1, -0.05) is 0 Å². The van der Waals surface area contributed by atoms with Crippen LogP contribution in [0, 0.1) is 5.82 Å². The lowest BCUT2D eigenvalue weighted by Gasteiger charge is -2.10. The van der Waals surface area contributed by atoms with Crippen LogP contribution >= 0.6 is 0 Å². The van der Waals surface area contributed by atoms with Gasteiger partial charge in [0.2, 0.25) is 0 Å². The predicted molar refractivity (Wildman–Crippen MR) is 47.6 cm³/mol. The van der Waals surface area contributed by atoms with Crippen molar-refractivity contribution in [3.8, 4) is 5.75 Å². The van der Waals surface area contributed by atoms with Gasteiger partial charge in [0.05, 0.1) is 0 Å². The molecule has 0 saturated carbocycles. The summed E-state index contributed by atoms with van der Waals surface area (Å²) in [5.41, 5.74) is 5.04. The summed E-state index contributed by atoms with van der Waals surface area (Å²) < 4.78 is 12.9. The maximum absolute atomic E-state index is 12.9. The number of carbonyl (C=O) groups is 1. The van der Waals surface area contributed by atoms with Crippen LogP contribution in [0.4, 0.5) is 4.39 Å². The molecule has 4 N–H and O–H groups in total. The van der Waals surface area contributed by atoms with Crippen LogP contribution in [-0.4, -0.2) is 16.2 Å². The average molecular weight is 199 g/mol. The zero-order valence-electron chi connectivity index (χ0n) is 7.49. The first-order valence-electron chi connectivity index (χ1n) is 3.94. The summed E-state index contributed by atoms with van der Waals surface area (Å²) in [6, 6.07) is 1.15. The summed E-state index contributed by atoms with van der Waals surface area (Å²) >= 11 is 0. The first kappa shape index (κ1) is 10.5. The number of phenols is 1. The highest BCUT2D eigenvalue weighted by Crippen LogP contribution is 2.28. The van der Waals surface area contributed by atoms with Crippen LogP contribution < -0.4 is 5.73 Å². The number of hydrogen-bond donors (Lipinski definition) is 3. The van der Waals surface area contributed by atoms with Gasteiger partial charge in [0.15, 0.2) is 0 Å². The van der Waals surface area contributed by atoms with Crippen LogP contribution in [0.2, 0.25) is 0 Å². The van der Waals surface area contributed by atoms with Crippen molar-refractivity contribution < 1.29 is 19.4 Å². The first-order valence-corrected chi connectivity index (χ1v) is 3.94. The van der Waals surface area contributed by atoms with E-state index in [4.69, 9.17) is 10.8 Å². The fraction of sp³-hybridized carbons (Fsp3) is 0.222. The van der Waals surface area contributed by atoms with Crippen molar-refractivity contribution in [2.45, 2.75) is 13.0 Å². The normalized spacial score (nSPS) is 12.5. The standard InChI is InChI=1S/C9H10FNO3/c1-4(11)6-2-5(10)3-7(8(6)12)9(13)14/h2-4,12H,11H2,1H3,(H,13,14)/t4-/m0/s1. The number of rotatable bonds is 2. The van der Waals surface area contributed by atoms with E-state index in [1.165, 1.54) is 6.92 Å². The second-order valence-corrected chi connectivity index (χ2v) is 2.99. The molecule has 4 nitrogen and oxygen atoms in total. The molecule has 5 heteroatoms. The highest BCUT2D eigenvalue weighted by Gasteiger charge is 2.17. The van der Waals surface area contributed by atoms with Crippen molar-refractivity contribution in [2.75, 3.05) is 0 Å². The first-order chi connectivity index (χ1) is 6.43. The number of carboxylic acids is 1. The molecule has 0 amide bonds. The molecule has 76 valence electrons. The van der Waals surface area contributed by atoms with Gasteiger partial charge >= 0.3 is 5.97 Å². The van der Waals surface area contributed by atoms with Gasteiger partial charge in [-0.25, -0.2) is 9.18 Å². The second-order valence-electron chi connectivity index (χ2n) is 2.99. The van der Waals surface area contributed by atoms with Crippen molar-refractivity contribution in [2.24, 2.45) is 5.73 Å². The highest BCUT2D eigenvalue weighted by atomic mass is 19.1. The van der Waals surface area contributed by atoms with Gasteiger partial charge in [0, 0.05) is 11.6 Å². The number of hydrogen-bond acceptors (Lipinski definition) is 3. The van der Waals surface area contributed by atoms with Crippen LogP contribution in [0.3, 0.4) is 0 Å². The van der Waals surface area contributed by atoms with Crippen LogP contribution in [0.5, 0.6) is 5.75 Å². The summed E-state index contributed by atoms with van der Waals surface area (Å²) in [5, 5.41) is 18.1. The lowest BCUT2D eigenvalue weighted by atomic mass is 10.0. The molecule has 0 saturated heterocycles. The number of halogens is 1. The molecular formula is C9H10FNO3. The largest absolute Gasteiger partial charge is 0.507 e. The Labute approximate surface area is 79.8 Å². The third-order valence-electron chi connectivity index (χ3n) is 1.83. The molecular weight excluding hydrogens is 189 g/mol. The molecule has 1 aromatic rings. The molecule has 0 spiro atoms. The Morgan fingerprint density at radius 3 is 2.57 bits per heavy atom. The third kappa shape index (κ3) is 1.82. The zero-order valence-corrected chi connectivity index (χ0v) is 7.49. The van der Waals surface area contributed by atoms with E-state index in [-0.39, 0.29) is 5.56 Å². The van der Waals surface area contributed by atoms with Gasteiger partial charge in [0.1, 0.15) is 17.1 Å². The van der Waals surface area contributed by atoms with Gasteiger partial charge in [-0.3, -0.25) is 0 Å². The van der Waals surface area contributed by atoms with Gasteiger partial charge in [-0.15, -0.1) is 0 Å². The van der Waals surface area contributed by atoms with E-state index in [9.17, 15) is 14.3 Å². The third-order valence-corrected chi connectivity index (χ3v) is 1.83. The van der Waals surface area contributed by atoms with E-state index in [2.05, 4.69) is 0 Å². The molecule has 0 bridgehead atoms. The quantitative estimate of drug-likeness (QED) is 0.669. The molecule has 1 aromatic carbocycles. The Morgan fingerprint density at radius 1 is 1.57 bits per heavy atom. The zero-order chi connectivity index (χ0) is 10.9. The van der Waals surface area contributed by atoms with E-state index in [0.717, 1.165) is 12.1 Å². The number of aromatic hydroxyl groups is 1. The predicted octanol–water partition coefficient (Wildman–Crippen LogP) is 1.25. The molecule has 0 aromatic heterocycles. The summed E-state index contributed by atoms with van der Waals surface area (Å²) in [7, 11) is 0. The highest BCUT2D eigenvalue weighted by molar-refractivity contribution is 5.91. The number of nitrogens with two attached hydrogens (primary N) is 1. The molecule has 0 unspecified atom stereocenters. The van der Waals surface area contributed by atoms with E-state index < -0.39 is 29.1 Å².